The van der Waals surface area contributed by atoms with Crippen LogP contribution in [0.25, 0.3) is 0 Å². The predicted molar refractivity (Wildman–Crippen MR) is 81.0 cm³/mol. The van der Waals surface area contributed by atoms with Crippen LogP contribution in [0.2, 0.25) is 0 Å². The number of sulfone groups is 1. The molecule has 1 aromatic heterocycles. The molecule has 2 heterocycles. The molecule has 1 unspecified atom stereocenters. The molecule has 1 atom stereocenters. The third-order valence-electron chi connectivity index (χ3n) is 3.55. The highest BCUT2D eigenvalue weighted by Gasteiger charge is 2.25. The molecule has 1 fully saturated rings. The molecule has 20 heavy (non-hydrogen) atoms. The molecule has 1 saturated heterocycles. The molecule has 1 aliphatic heterocycles. The van der Waals surface area contributed by atoms with E-state index in [0.29, 0.717) is 12.2 Å². The molecule has 2 rings (SSSR count). The first-order valence-corrected chi connectivity index (χ1v) is 8.79. The summed E-state index contributed by atoms with van der Waals surface area (Å²) in [5.74, 6) is 2.77. The van der Waals surface area contributed by atoms with Crippen LogP contribution in [-0.4, -0.2) is 43.0 Å². The minimum Gasteiger partial charge on any atom is -0.373 e. The van der Waals surface area contributed by atoms with E-state index in [4.69, 9.17) is 0 Å². The number of hydrogen-bond donors (Lipinski definition) is 2. The first-order chi connectivity index (χ1) is 9.45. The minimum absolute atomic E-state index is 0.0586. The van der Waals surface area contributed by atoms with Crippen molar-refractivity contribution >= 4 is 21.5 Å². The van der Waals surface area contributed by atoms with Crippen molar-refractivity contribution in [3.05, 3.63) is 11.4 Å². The highest BCUT2D eigenvalue weighted by atomic mass is 32.2. The summed E-state index contributed by atoms with van der Waals surface area (Å²) in [6, 6.07) is -0.0586. The SMILES string of the molecule is CCc1nc(NC)c(C)c(NC2CCCS(=O)(=O)C2)n1. The van der Waals surface area contributed by atoms with Gasteiger partial charge in [0.05, 0.1) is 11.5 Å². The molecule has 0 bridgehead atoms. The molecule has 112 valence electrons. The highest BCUT2D eigenvalue weighted by Crippen LogP contribution is 2.23. The lowest BCUT2D eigenvalue weighted by Gasteiger charge is -2.24. The van der Waals surface area contributed by atoms with E-state index in [1.165, 1.54) is 0 Å². The molecule has 1 aliphatic rings. The lowest BCUT2D eigenvalue weighted by molar-refractivity contribution is 0.561. The zero-order valence-electron chi connectivity index (χ0n) is 12.2. The molecule has 0 aromatic carbocycles. The van der Waals surface area contributed by atoms with E-state index in [1.54, 1.807) is 0 Å². The Labute approximate surface area is 120 Å². The maximum atomic E-state index is 11.7. The van der Waals surface area contributed by atoms with Crippen molar-refractivity contribution in [3.8, 4) is 0 Å². The largest absolute Gasteiger partial charge is 0.373 e. The van der Waals surface area contributed by atoms with Crippen LogP contribution in [0.3, 0.4) is 0 Å². The van der Waals surface area contributed by atoms with Crippen LogP contribution >= 0.6 is 0 Å². The van der Waals surface area contributed by atoms with Crippen LogP contribution < -0.4 is 10.6 Å². The van der Waals surface area contributed by atoms with Gasteiger partial charge in [0.15, 0.2) is 9.84 Å². The van der Waals surface area contributed by atoms with Crippen molar-refractivity contribution in [2.75, 3.05) is 29.2 Å². The van der Waals surface area contributed by atoms with E-state index in [0.717, 1.165) is 35.9 Å². The Morgan fingerprint density at radius 1 is 1.30 bits per heavy atom. The maximum Gasteiger partial charge on any atom is 0.152 e. The minimum atomic E-state index is -2.92. The van der Waals surface area contributed by atoms with Gasteiger partial charge in [-0.05, 0) is 19.8 Å². The summed E-state index contributed by atoms with van der Waals surface area (Å²) >= 11 is 0. The summed E-state index contributed by atoms with van der Waals surface area (Å²) in [6.45, 7) is 3.93. The quantitative estimate of drug-likeness (QED) is 0.873. The van der Waals surface area contributed by atoms with Gasteiger partial charge < -0.3 is 10.6 Å². The van der Waals surface area contributed by atoms with Crippen molar-refractivity contribution in [1.82, 2.24) is 9.97 Å². The normalized spacial score (nSPS) is 21.4. The molecule has 0 radical (unpaired) electrons. The first kappa shape index (κ1) is 15.0. The van der Waals surface area contributed by atoms with Crippen molar-refractivity contribution in [2.45, 2.75) is 39.2 Å². The fraction of sp³-hybridized carbons (Fsp3) is 0.692. The zero-order valence-corrected chi connectivity index (χ0v) is 13.0. The van der Waals surface area contributed by atoms with Gasteiger partial charge >= 0.3 is 0 Å². The van der Waals surface area contributed by atoms with Crippen LogP contribution in [0, 0.1) is 6.92 Å². The van der Waals surface area contributed by atoms with Crippen LogP contribution in [-0.2, 0) is 16.3 Å². The Morgan fingerprint density at radius 3 is 2.60 bits per heavy atom. The summed E-state index contributed by atoms with van der Waals surface area (Å²) in [7, 11) is -1.09. The molecule has 7 heteroatoms. The molecular formula is C13H22N4O2S. The third-order valence-corrected chi connectivity index (χ3v) is 5.37. The van der Waals surface area contributed by atoms with Crippen LogP contribution in [0.1, 0.15) is 31.2 Å². The van der Waals surface area contributed by atoms with Gasteiger partial charge in [-0.25, -0.2) is 18.4 Å². The van der Waals surface area contributed by atoms with Crippen molar-refractivity contribution in [2.24, 2.45) is 0 Å². The molecule has 0 aliphatic carbocycles. The fourth-order valence-corrected chi connectivity index (χ4v) is 4.07. The average Bonchev–Trinajstić information content (AvgIpc) is 2.40. The van der Waals surface area contributed by atoms with Crippen molar-refractivity contribution < 1.29 is 8.42 Å². The van der Waals surface area contributed by atoms with E-state index >= 15 is 0 Å². The van der Waals surface area contributed by atoms with E-state index in [1.807, 2.05) is 20.9 Å². The van der Waals surface area contributed by atoms with Crippen molar-refractivity contribution in [1.29, 1.82) is 0 Å². The Balaban J connectivity index is 2.24. The van der Waals surface area contributed by atoms with Gasteiger partial charge in [0, 0.05) is 25.1 Å². The maximum absolute atomic E-state index is 11.7. The molecule has 2 N–H and O–H groups in total. The van der Waals surface area contributed by atoms with Crippen LogP contribution in [0.5, 0.6) is 0 Å². The summed E-state index contributed by atoms with van der Waals surface area (Å²) in [5, 5.41) is 6.34. The predicted octanol–water partition coefficient (Wildman–Crippen LogP) is 1.38. The summed E-state index contributed by atoms with van der Waals surface area (Å²) in [4.78, 5) is 8.90. The number of nitrogens with one attached hydrogen (secondary N) is 2. The number of rotatable bonds is 4. The summed E-state index contributed by atoms with van der Waals surface area (Å²) in [5.41, 5.74) is 0.924. The van der Waals surface area contributed by atoms with Crippen molar-refractivity contribution in [3.63, 3.8) is 0 Å². The van der Waals surface area contributed by atoms with Crippen LogP contribution in [0.15, 0.2) is 0 Å². The summed E-state index contributed by atoms with van der Waals surface area (Å²) < 4.78 is 23.4. The molecular weight excluding hydrogens is 276 g/mol. The second-order valence-corrected chi connectivity index (χ2v) is 7.39. The molecule has 0 amide bonds. The Hall–Kier alpha value is -1.37. The standard InChI is InChI=1S/C13H22N4O2S/c1-4-11-16-12(14-3)9(2)13(17-11)15-10-6-5-7-20(18,19)8-10/h10H,4-8H2,1-3H3,(H2,14,15,16,17). The number of aromatic nitrogens is 2. The van der Waals surface area contributed by atoms with Gasteiger partial charge in [0.25, 0.3) is 0 Å². The molecule has 1 aromatic rings. The van der Waals surface area contributed by atoms with Gasteiger partial charge in [0.1, 0.15) is 17.5 Å². The van der Waals surface area contributed by atoms with E-state index < -0.39 is 9.84 Å². The highest BCUT2D eigenvalue weighted by molar-refractivity contribution is 7.91. The zero-order chi connectivity index (χ0) is 14.8. The monoisotopic (exact) mass is 298 g/mol. The second-order valence-electron chi connectivity index (χ2n) is 5.16. The smallest absolute Gasteiger partial charge is 0.152 e. The van der Waals surface area contributed by atoms with Gasteiger partial charge in [-0.1, -0.05) is 6.92 Å². The van der Waals surface area contributed by atoms with E-state index in [2.05, 4.69) is 20.6 Å². The number of aryl methyl sites for hydroxylation is 1. The van der Waals surface area contributed by atoms with E-state index in [-0.39, 0.29) is 11.8 Å². The number of hydrogen-bond acceptors (Lipinski definition) is 6. The topological polar surface area (TPSA) is 84.0 Å². The van der Waals surface area contributed by atoms with Gasteiger partial charge in [-0.2, -0.15) is 0 Å². The van der Waals surface area contributed by atoms with Gasteiger partial charge in [0.2, 0.25) is 0 Å². The lowest BCUT2D eigenvalue weighted by Crippen LogP contribution is -2.35. The average molecular weight is 298 g/mol. The Morgan fingerprint density at radius 2 is 2.00 bits per heavy atom. The Kier molecular flexibility index (Phi) is 4.47. The van der Waals surface area contributed by atoms with Gasteiger partial charge in [-0.3, -0.25) is 0 Å². The molecule has 0 spiro atoms. The summed E-state index contributed by atoms with van der Waals surface area (Å²) in [6.07, 6.45) is 2.31. The first-order valence-electron chi connectivity index (χ1n) is 6.97. The van der Waals surface area contributed by atoms with Gasteiger partial charge in [-0.15, -0.1) is 0 Å². The molecule has 0 saturated carbocycles. The van der Waals surface area contributed by atoms with Crippen LogP contribution in [0.4, 0.5) is 11.6 Å². The lowest BCUT2D eigenvalue weighted by atomic mass is 10.1. The number of nitrogens with zero attached hydrogens (tertiary/aromatic N) is 2. The second kappa shape index (κ2) is 5.95. The van der Waals surface area contributed by atoms with E-state index in [9.17, 15) is 8.42 Å². The Bertz CT molecular complexity index is 586. The number of anilines is 2. The molecule has 6 nitrogen and oxygen atoms in total. The third kappa shape index (κ3) is 3.39. The fourth-order valence-electron chi connectivity index (χ4n) is 2.44.